The smallest absolute Gasteiger partial charge is 0.323 e. The molecule has 7 heteroatoms. The summed E-state index contributed by atoms with van der Waals surface area (Å²) in [6.07, 6.45) is -0.0898. The largest absolute Gasteiger partial charge is 0.462 e. The normalized spacial score (nSPS) is 13.0. The van der Waals surface area contributed by atoms with E-state index in [9.17, 15) is 14.4 Å². The average molecular weight is 365 g/mol. The quantitative estimate of drug-likeness (QED) is 0.527. The predicted molar refractivity (Wildman–Crippen MR) is 95.4 cm³/mol. The van der Waals surface area contributed by atoms with Gasteiger partial charge in [0.25, 0.3) is 0 Å². The standard InChI is InChI=1S/C19H27NO6/c1-5-17(21)24-11-13(4)25-19(23)16(20)10-14-7-6-8-15(9-14)26-18(22)12(2)3/h6-9,12-13,16H,5,10-11,20H2,1-4H3/t13-,16-/m0/s1. The molecule has 0 saturated heterocycles. The van der Waals surface area contributed by atoms with Gasteiger partial charge in [-0.15, -0.1) is 0 Å². The first-order valence-corrected chi connectivity index (χ1v) is 8.65. The SMILES string of the molecule is CCC(=O)OC[C@H](C)OC(=O)[C@@H](N)Cc1cccc(OC(=O)C(C)C)c1. The Kier molecular flexibility index (Phi) is 8.78. The number of carbonyl (C=O) groups excluding carboxylic acids is 3. The van der Waals surface area contributed by atoms with Crippen molar-refractivity contribution in [3.8, 4) is 5.75 Å². The average Bonchev–Trinajstić information content (AvgIpc) is 2.59. The van der Waals surface area contributed by atoms with E-state index in [0.29, 0.717) is 5.75 Å². The number of hydrogen-bond donors (Lipinski definition) is 1. The Morgan fingerprint density at radius 3 is 2.42 bits per heavy atom. The van der Waals surface area contributed by atoms with Crippen LogP contribution in [0.25, 0.3) is 0 Å². The molecule has 144 valence electrons. The zero-order chi connectivity index (χ0) is 19.7. The number of ether oxygens (including phenoxy) is 3. The van der Waals surface area contributed by atoms with Crippen LogP contribution in [0.5, 0.6) is 5.75 Å². The molecule has 0 fully saturated rings. The molecule has 7 nitrogen and oxygen atoms in total. The van der Waals surface area contributed by atoms with Crippen molar-refractivity contribution in [2.75, 3.05) is 6.61 Å². The van der Waals surface area contributed by atoms with Gasteiger partial charge in [-0.25, -0.2) is 0 Å². The fourth-order valence-corrected chi connectivity index (χ4v) is 1.94. The zero-order valence-corrected chi connectivity index (χ0v) is 15.7. The fourth-order valence-electron chi connectivity index (χ4n) is 1.94. The molecule has 2 atom stereocenters. The third kappa shape index (κ3) is 7.65. The van der Waals surface area contributed by atoms with Crippen molar-refractivity contribution in [1.29, 1.82) is 0 Å². The predicted octanol–water partition coefficient (Wildman–Crippen LogP) is 2.00. The molecule has 0 aliphatic rings. The Morgan fingerprint density at radius 1 is 1.12 bits per heavy atom. The number of nitrogens with two attached hydrogens (primary N) is 1. The van der Waals surface area contributed by atoms with Crippen LogP contribution in [0.3, 0.4) is 0 Å². The van der Waals surface area contributed by atoms with Crippen LogP contribution in [-0.4, -0.2) is 36.7 Å². The lowest BCUT2D eigenvalue weighted by Crippen LogP contribution is -2.37. The highest BCUT2D eigenvalue weighted by molar-refractivity contribution is 5.76. The van der Waals surface area contributed by atoms with Crippen LogP contribution in [0.2, 0.25) is 0 Å². The van der Waals surface area contributed by atoms with Crippen LogP contribution in [-0.2, 0) is 30.3 Å². The molecule has 0 radical (unpaired) electrons. The van der Waals surface area contributed by atoms with Crippen LogP contribution in [0, 0.1) is 5.92 Å². The molecule has 0 aliphatic heterocycles. The van der Waals surface area contributed by atoms with Crippen LogP contribution in [0.15, 0.2) is 24.3 Å². The molecule has 0 aromatic heterocycles. The van der Waals surface area contributed by atoms with Crippen LogP contribution in [0.1, 0.15) is 39.7 Å². The number of esters is 3. The number of benzene rings is 1. The summed E-state index contributed by atoms with van der Waals surface area (Å²) in [5, 5.41) is 0. The highest BCUT2D eigenvalue weighted by Crippen LogP contribution is 2.16. The fraction of sp³-hybridized carbons (Fsp3) is 0.526. The molecule has 0 spiro atoms. The van der Waals surface area contributed by atoms with Crippen molar-refractivity contribution < 1.29 is 28.6 Å². The molecular weight excluding hydrogens is 338 g/mol. The van der Waals surface area contributed by atoms with Crippen LogP contribution >= 0.6 is 0 Å². The lowest BCUT2D eigenvalue weighted by Gasteiger charge is -2.17. The highest BCUT2D eigenvalue weighted by Gasteiger charge is 2.20. The maximum Gasteiger partial charge on any atom is 0.323 e. The summed E-state index contributed by atoms with van der Waals surface area (Å²) in [7, 11) is 0. The van der Waals surface area contributed by atoms with Crippen LogP contribution in [0.4, 0.5) is 0 Å². The van der Waals surface area contributed by atoms with Crippen molar-refractivity contribution in [2.24, 2.45) is 11.7 Å². The molecule has 0 heterocycles. The Balaban J connectivity index is 2.55. The van der Waals surface area contributed by atoms with Crippen molar-refractivity contribution in [3.05, 3.63) is 29.8 Å². The van der Waals surface area contributed by atoms with E-state index in [1.807, 2.05) is 0 Å². The van der Waals surface area contributed by atoms with Crippen molar-refractivity contribution in [3.63, 3.8) is 0 Å². The number of rotatable bonds is 9. The van der Waals surface area contributed by atoms with E-state index in [1.165, 1.54) is 0 Å². The second-order valence-electron chi connectivity index (χ2n) is 6.32. The van der Waals surface area contributed by atoms with Gasteiger partial charge in [0.2, 0.25) is 0 Å². The summed E-state index contributed by atoms with van der Waals surface area (Å²) >= 11 is 0. The monoisotopic (exact) mass is 365 g/mol. The van der Waals surface area contributed by atoms with Crippen molar-refractivity contribution in [2.45, 2.75) is 52.7 Å². The van der Waals surface area contributed by atoms with E-state index in [2.05, 4.69) is 0 Å². The van der Waals surface area contributed by atoms with Gasteiger partial charge in [0.15, 0.2) is 0 Å². The molecule has 1 aromatic rings. The van der Waals surface area contributed by atoms with Gasteiger partial charge < -0.3 is 19.9 Å². The third-order valence-corrected chi connectivity index (χ3v) is 3.43. The maximum absolute atomic E-state index is 12.1. The van der Waals surface area contributed by atoms with E-state index >= 15 is 0 Å². The Morgan fingerprint density at radius 2 is 1.81 bits per heavy atom. The van der Waals surface area contributed by atoms with Crippen molar-refractivity contribution >= 4 is 17.9 Å². The lowest BCUT2D eigenvalue weighted by molar-refractivity contribution is -0.158. The van der Waals surface area contributed by atoms with Gasteiger partial charge in [-0.2, -0.15) is 0 Å². The maximum atomic E-state index is 12.1. The summed E-state index contributed by atoms with van der Waals surface area (Å²) in [6, 6.07) is 5.96. The van der Waals surface area contributed by atoms with E-state index in [4.69, 9.17) is 19.9 Å². The first-order valence-electron chi connectivity index (χ1n) is 8.65. The molecule has 1 aromatic carbocycles. The van der Waals surface area contributed by atoms with Crippen LogP contribution < -0.4 is 10.5 Å². The van der Waals surface area contributed by atoms with Gasteiger partial charge >= 0.3 is 17.9 Å². The molecule has 2 N–H and O–H groups in total. The summed E-state index contributed by atoms with van der Waals surface area (Å²) in [4.78, 5) is 34.8. The molecule has 0 saturated carbocycles. The van der Waals surface area contributed by atoms with Crippen molar-refractivity contribution in [1.82, 2.24) is 0 Å². The van der Waals surface area contributed by atoms with E-state index < -0.39 is 18.1 Å². The van der Waals surface area contributed by atoms with Gasteiger partial charge in [-0.1, -0.05) is 32.9 Å². The summed E-state index contributed by atoms with van der Waals surface area (Å²) < 4.78 is 15.3. The molecule has 1 rings (SSSR count). The second kappa shape index (κ2) is 10.6. The third-order valence-electron chi connectivity index (χ3n) is 3.43. The molecule has 26 heavy (non-hydrogen) atoms. The van der Waals surface area contributed by atoms with Gasteiger partial charge in [-0.3, -0.25) is 14.4 Å². The highest BCUT2D eigenvalue weighted by atomic mass is 16.6. The first kappa shape index (κ1) is 21.6. The number of carbonyl (C=O) groups is 3. The molecule has 0 unspecified atom stereocenters. The van der Waals surface area contributed by atoms with E-state index in [0.717, 1.165) is 5.56 Å². The summed E-state index contributed by atoms with van der Waals surface area (Å²) in [5.41, 5.74) is 6.63. The second-order valence-corrected chi connectivity index (χ2v) is 6.32. The van der Waals surface area contributed by atoms with Gasteiger partial charge in [-0.05, 0) is 31.0 Å². The molecule has 0 amide bonds. The first-order chi connectivity index (χ1) is 12.2. The summed E-state index contributed by atoms with van der Waals surface area (Å²) in [5.74, 6) is -1.11. The molecular formula is C19H27NO6. The Bertz CT molecular complexity index is 628. The Hall–Kier alpha value is -2.41. The van der Waals surface area contributed by atoms with Gasteiger partial charge in [0.1, 0.15) is 24.5 Å². The van der Waals surface area contributed by atoms with E-state index in [-0.39, 0.29) is 37.3 Å². The van der Waals surface area contributed by atoms with Gasteiger partial charge in [0, 0.05) is 6.42 Å². The topological polar surface area (TPSA) is 105 Å². The molecule has 0 bridgehead atoms. The lowest BCUT2D eigenvalue weighted by atomic mass is 10.1. The zero-order valence-electron chi connectivity index (χ0n) is 15.7. The Labute approximate surface area is 153 Å². The summed E-state index contributed by atoms with van der Waals surface area (Å²) in [6.45, 7) is 6.79. The minimum atomic E-state index is -0.879. The minimum Gasteiger partial charge on any atom is -0.462 e. The van der Waals surface area contributed by atoms with Gasteiger partial charge in [0.05, 0.1) is 5.92 Å². The van der Waals surface area contributed by atoms with E-state index in [1.54, 1.807) is 52.0 Å². The minimum absolute atomic E-state index is 0.00816. The number of hydrogen-bond acceptors (Lipinski definition) is 7. The molecule has 0 aliphatic carbocycles.